The van der Waals surface area contributed by atoms with Crippen molar-refractivity contribution in [1.29, 1.82) is 0 Å². The number of aliphatic hydroxyl groups is 1. The van der Waals surface area contributed by atoms with Crippen molar-refractivity contribution in [2.75, 3.05) is 32.7 Å². The number of β-amino-alcohol motifs (C(OH)–C–C–N with tert-alkyl or cyclic N) is 1. The smallest absolute Gasteiger partial charge is 0.243 e. The van der Waals surface area contributed by atoms with Gasteiger partial charge in [0, 0.05) is 24.7 Å². The number of benzene rings is 1. The van der Waals surface area contributed by atoms with E-state index in [1.54, 1.807) is 12.1 Å². The molecule has 0 amide bonds. The second-order valence-electron chi connectivity index (χ2n) is 7.27. The molecule has 1 aromatic carbocycles. The minimum absolute atomic E-state index is 0.259. The van der Waals surface area contributed by atoms with Gasteiger partial charge in [0.2, 0.25) is 10.0 Å². The van der Waals surface area contributed by atoms with E-state index in [2.05, 4.69) is 4.90 Å². The van der Waals surface area contributed by atoms with Crippen LogP contribution in [-0.4, -0.2) is 61.1 Å². The van der Waals surface area contributed by atoms with Crippen molar-refractivity contribution in [3.05, 3.63) is 29.3 Å². The van der Waals surface area contributed by atoms with E-state index in [-0.39, 0.29) is 4.90 Å². The van der Waals surface area contributed by atoms with Crippen LogP contribution in [0.4, 0.5) is 0 Å². The van der Waals surface area contributed by atoms with Gasteiger partial charge in [0.05, 0.1) is 10.5 Å². The third kappa shape index (κ3) is 4.74. The van der Waals surface area contributed by atoms with Crippen LogP contribution < -0.4 is 0 Å². The van der Waals surface area contributed by atoms with Gasteiger partial charge in [-0.15, -0.1) is 0 Å². The molecule has 1 N–H and O–H groups in total. The normalized spacial score (nSPS) is 23.3. The highest BCUT2D eigenvalue weighted by Crippen LogP contribution is 2.28. The second kappa shape index (κ2) is 7.92. The molecule has 0 radical (unpaired) electrons. The first-order valence-electron chi connectivity index (χ1n) is 9.10. The van der Waals surface area contributed by atoms with Crippen LogP contribution in [0.5, 0.6) is 0 Å². The minimum atomic E-state index is -3.52. The Morgan fingerprint density at radius 3 is 2.08 bits per heavy atom. The monoisotopic (exact) mass is 386 g/mol. The second-order valence-corrected chi connectivity index (χ2v) is 9.65. The maximum absolute atomic E-state index is 12.7. The van der Waals surface area contributed by atoms with Crippen molar-refractivity contribution in [2.24, 2.45) is 0 Å². The summed E-state index contributed by atoms with van der Waals surface area (Å²) in [4.78, 5) is 2.60. The van der Waals surface area contributed by atoms with Crippen molar-refractivity contribution in [2.45, 2.75) is 49.0 Å². The molecule has 1 aromatic rings. The van der Waals surface area contributed by atoms with Crippen molar-refractivity contribution in [3.8, 4) is 0 Å². The van der Waals surface area contributed by atoms with Crippen molar-refractivity contribution >= 4 is 21.6 Å². The Bertz CT molecular complexity index is 662. The average molecular weight is 387 g/mol. The summed E-state index contributed by atoms with van der Waals surface area (Å²) in [5, 5.41) is 11.4. The average Bonchev–Trinajstić information content (AvgIpc) is 2.84. The molecule has 3 rings (SSSR count). The summed E-state index contributed by atoms with van der Waals surface area (Å²) in [6.07, 6.45) is 5.87. The Morgan fingerprint density at radius 2 is 1.52 bits per heavy atom. The number of hydrogen-bond donors (Lipinski definition) is 1. The Hall–Kier alpha value is -0.660. The first-order chi connectivity index (χ1) is 11.9. The number of nitrogens with zero attached hydrogens (tertiary/aromatic N) is 2. The fourth-order valence-corrected chi connectivity index (χ4v) is 5.33. The molecule has 2 aliphatic heterocycles. The molecule has 2 aliphatic rings. The molecule has 0 aliphatic carbocycles. The highest BCUT2D eigenvalue weighted by atomic mass is 35.5. The molecule has 0 bridgehead atoms. The quantitative estimate of drug-likeness (QED) is 0.864. The highest BCUT2D eigenvalue weighted by Gasteiger charge is 2.38. The highest BCUT2D eigenvalue weighted by molar-refractivity contribution is 7.89. The van der Waals surface area contributed by atoms with E-state index in [1.807, 2.05) is 0 Å². The van der Waals surface area contributed by atoms with Gasteiger partial charge in [-0.3, -0.25) is 0 Å². The van der Waals surface area contributed by atoms with E-state index in [4.69, 9.17) is 11.6 Å². The molecule has 25 heavy (non-hydrogen) atoms. The van der Waals surface area contributed by atoms with Gasteiger partial charge >= 0.3 is 0 Å². The molecule has 0 spiro atoms. The van der Waals surface area contributed by atoms with Crippen molar-refractivity contribution < 1.29 is 13.5 Å². The zero-order valence-corrected chi connectivity index (χ0v) is 16.1. The molecule has 2 fully saturated rings. The summed E-state index contributed by atoms with van der Waals surface area (Å²) in [7, 11) is -3.52. The molecule has 0 atom stereocenters. The fraction of sp³-hybridized carbons (Fsp3) is 0.667. The lowest BCUT2D eigenvalue weighted by Gasteiger charge is -2.40. The van der Waals surface area contributed by atoms with Gasteiger partial charge in [-0.1, -0.05) is 24.4 Å². The molecule has 2 heterocycles. The first kappa shape index (κ1) is 19.1. The lowest BCUT2D eigenvalue weighted by molar-refractivity contribution is -0.0322. The van der Waals surface area contributed by atoms with E-state index >= 15 is 0 Å². The Balaban J connectivity index is 1.61. The lowest BCUT2D eigenvalue weighted by atomic mass is 9.92. The maximum Gasteiger partial charge on any atom is 0.243 e. The van der Waals surface area contributed by atoms with Gasteiger partial charge in [0.25, 0.3) is 0 Å². The Morgan fingerprint density at radius 1 is 0.960 bits per heavy atom. The zero-order valence-electron chi connectivity index (χ0n) is 14.5. The van der Waals surface area contributed by atoms with Crippen LogP contribution in [0.3, 0.4) is 0 Å². The summed E-state index contributed by atoms with van der Waals surface area (Å²) in [6, 6.07) is 6.26. The molecule has 5 nitrogen and oxygen atoms in total. The lowest BCUT2D eigenvalue weighted by Crippen LogP contribution is -2.52. The van der Waals surface area contributed by atoms with Gasteiger partial charge in [0.1, 0.15) is 0 Å². The summed E-state index contributed by atoms with van der Waals surface area (Å²) < 4.78 is 27.0. The number of piperidine rings is 1. The Kier molecular flexibility index (Phi) is 6.06. The van der Waals surface area contributed by atoms with Crippen LogP contribution in [-0.2, 0) is 10.0 Å². The predicted octanol–water partition coefficient (Wildman–Crippen LogP) is 2.73. The third-order valence-electron chi connectivity index (χ3n) is 5.32. The van der Waals surface area contributed by atoms with Crippen LogP contribution in [0.25, 0.3) is 0 Å². The Labute approximate surface area is 155 Å². The van der Waals surface area contributed by atoms with E-state index < -0.39 is 15.6 Å². The molecule has 0 saturated carbocycles. The standard InChI is InChI=1S/C18H27ClN2O3S/c19-16-5-7-17(8-6-16)25(23,24)21-13-9-18(22,10-14-21)15-20-11-3-1-2-4-12-20/h5-8,22H,1-4,9-15H2. The summed E-state index contributed by atoms with van der Waals surface area (Å²) in [6.45, 7) is 3.44. The number of rotatable bonds is 4. The summed E-state index contributed by atoms with van der Waals surface area (Å²) in [5.74, 6) is 0. The van der Waals surface area contributed by atoms with Crippen LogP contribution in [0.1, 0.15) is 38.5 Å². The zero-order chi connectivity index (χ0) is 17.9. The first-order valence-corrected chi connectivity index (χ1v) is 10.9. The van der Waals surface area contributed by atoms with Crippen molar-refractivity contribution in [1.82, 2.24) is 9.21 Å². The molecule has 0 unspecified atom stereocenters. The maximum atomic E-state index is 12.7. The number of hydrogen-bond acceptors (Lipinski definition) is 4. The van der Waals surface area contributed by atoms with Crippen molar-refractivity contribution in [3.63, 3.8) is 0 Å². The predicted molar refractivity (Wildman–Crippen MR) is 99.3 cm³/mol. The van der Waals surface area contributed by atoms with Gasteiger partial charge in [-0.25, -0.2) is 8.42 Å². The molecule has 7 heteroatoms. The SMILES string of the molecule is O=S(=O)(c1ccc(Cl)cc1)N1CCC(O)(CN2CCCCCC2)CC1. The van der Waals surface area contributed by atoms with E-state index in [1.165, 1.54) is 42.1 Å². The van der Waals surface area contributed by atoms with E-state index in [0.29, 0.717) is 37.5 Å². The molecule has 2 saturated heterocycles. The van der Waals surface area contributed by atoms with Gasteiger partial charge in [-0.2, -0.15) is 4.31 Å². The van der Waals surface area contributed by atoms with Crippen LogP contribution in [0.2, 0.25) is 5.02 Å². The number of likely N-dealkylation sites (tertiary alicyclic amines) is 1. The topological polar surface area (TPSA) is 60.9 Å². The minimum Gasteiger partial charge on any atom is -0.388 e. The largest absolute Gasteiger partial charge is 0.388 e. The van der Waals surface area contributed by atoms with Crippen LogP contribution in [0, 0.1) is 0 Å². The van der Waals surface area contributed by atoms with Gasteiger partial charge < -0.3 is 10.0 Å². The van der Waals surface area contributed by atoms with Gasteiger partial charge in [-0.05, 0) is 63.0 Å². The van der Waals surface area contributed by atoms with E-state index in [9.17, 15) is 13.5 Å². The third-order valence-corrected chi connectivity index (χ3v) is 7.49. The van der Waals surface area contributed by atoms with Crippen LogP contribution in [0.15, 0.2) is 29.2 Å². The van der Waals surface area contributed by atoms with Gasteiger partial charge in [0.15, 0.2) is 0 Å². The number of sulfonamides is 1. The number of halogens is 1. The van der Waals surface area contributed by atoms with Crippen LogP contribution >= 0.6 is 11.6 Å². The summed E-state index contributed by atoms with van der Waals surface area (Å²) in [5.41, 5.74) is -0.781. The molecular formula is C18H27ClN2O3S. The molecule has 140 valence electrons. The fourth-order valence-electron chi connectivity index (χ4n) is 3.77. The molecular weight excluding hydrogens is 360 g/mol. The summed E-state index contributed by atoms with van der Waals surface area (Å²) >= 11 is 5.84. The van der Waals surface area contributed by atoms with E-state index in [0.717, 1.165) is 13.1 Å². The molecule has 0 aromatic heterocycles.